The molecule has 1 aromatic heterocycles. The number of carbonyl (C=O) groups excluding carboxylic acids is 2. The van der Waals surface area contributed by atoms with Crippen LogP contribution in [0.5, 0.6) is 0 Å². The molecule has 6 nitrogen and oxygen atoms in total. The van der Waals surface area contributed by atoms with Crippen LogP contribution in [0.15, 0.2) is 48.8 Å². The van der Waals surface area contributed by atoms with Crippen LogP contribution in [-0.2, 0) is 16.0 Å². The Balaban J connectivity index is 1.45. The Hall–Kier alpha value is -2.80. The van der Waals surface area contributed by atoms with Gasteiger partial charge < -0.3 is 15.0 Å². The summed E-state index contributed by atoms with van der Waals surface area (Å²) in [6, 6.07) is 9.58. The maximum atomic E-state index is 13.6. The van der Waals surface area contributed by atoms with Crippen LogP contribution in [-0.4, -0.2) is 54.5 Å². The highest BCUT2D eigenvalue weighted by Gasteiger charge is 2.51. The number of hydrogen-bond acceptors (Lipinski definition) is 4. The van der Waals surface area contributed by atoms with Crippen LogP contribution in [0.1, 0.15) is 28.8 Å². The molecule has 1 spiro atoms. The molecule has 1 aromatic carbocycles. The highest BCUT2D eigenvalue weighted by Crippen LogP contribution is 2.44. The molecule has 1 atom stereocenters. The fourth-order valence-electron chi connectivity index (χ4n) is 4.58. The highest BCUT2D eigenvalue weighted by atomic mass is 19.1. The van der Waals surface area contributed by atoms with Crippen LogP contribution in [0, 0.1) is 17.2 Å². The fraction of sp³-hybridized carbons (Fsp3) is 0.435. The first-order chi connectivity index (χ1) is 14.6. The standard InChI is InChI=1S/C23H26FN3O3/c24-19-3-1-2-18(14-19)22(29)27-15-20(23(16-27)7-12-30-13-8-23)21(28)26-11-6-17-4-9-25-10-5-17/h1-5,9-10,14,20H,6-8,11-13,15-16H2,(H,26,28). The Morgan fingerprint density at radius 2 is 1.97 bits per heavy atom. The lowest BCUT2D eigenvalue weighted by molar-refractivity contribution is -0.129. The number of aromatic nitrogens is 1. The third kappa shape index (κ3) is 4.36. The Kier molecular flexibility index (Phi) is 6.08. The van der Waals surface area contributed by atoms with Crippen molar-refractivity contribution in [3.05, 3.63) is 65.7 Å². The molecule has 4 rings (SSSR count). The molecule has 0 aliphatic carbocycles. The normalized spacial score (nSPS) is 20.3. The van der Waals surface area contributed by atoms with Crippen molar-refractivity contribution in [2.45, 2.75) is 19.3 Å². The van der Waals surface area contributed by atoms with E-state index in [4.69, 9.17) is 4.74 Å². The molecule has 2 aliphatic rings. The molecule has 1 N–H and O–H groups in total. The lowest BCUT2D eigenvalue weighted by Crippen LogP contribution is -2.44. The molecular formula is C23H26FN3O3. The minimum Gasteiger partial charge on any atom is -0.381 e. The van der Waals surface area contributed by atoms with E-state index in [9.17, 15) is 14.0 Å². The number of carbonyl (C=O) groups is 2. The van der Waals surface area contributed by atoms with E-state index in [0.717, 1.165) is 24.8 Å². The predicted octanol–water partition coefficient (Wildman–Crippen LogP) is 2.45. The topological polar surface area (TPSA) is 71.5 Å². The number of ether oxygens (including phenoxy) is 1. The average molecular weight is 411 g/mol. The number of halogens is 1. The van der Waals surface area contributed by atoms with Crippen molar-refractivity contribution in [3.63, 3.8) is 0 Å². The highest BCUT2D eigenvalue weighted by molar-refractivity contribution is 5.95. The van der Waals surface area contributed by atoms with Crippen LogP contribution in [0.2, 0.25) is 0 Å². The van der Waals surface area contributed by atoms with E-state index in [-0.39, 0.29) is 23.1 Å². The number of nitrogens with zero attached hydrogens (tertiary/aromatic N) is 2. The fourth-order valence-corrected chi connectivity index (χ4v) is 4.58. The van der Waals surface area contributed by atoms with E-state index >= 15 is 0 Å². The summed E-state index contributed by atoms with van der Waals surface area (Å²) >= 11 is 0. The van der Waals surface area contributed by atoms with Gasteiger partial charge >= 0.3 is 0 Å². The number of likely N-dealkylation sites (tertiary alicyclic amines) is 1. The maximum Gasteiger partial charge on any atom is 0.253 e. The summed E-state index contributed by atoms with van der Waals surface area (Å²) in [5.74, 6) is -0.990. The SMILES string of the molecule is O=C(NCCc1ccncc1)C1CN(C(=O)c2cccc(F)c2)CC12CCOCC2. The van der Waals surface area contributed by atoms with Crippen LogP contribution in [0.25, 0.3) is 0 Å². The Morgan fingerprint density at radius 1 is 1.20 bits per heavy atom. The van der Waals surface area contributed by atoms with Gasteiger partial charge in [0.05, 0.1) is 5.92 Å². The number of hydrogen-bond donors (Lipinski definition) is 1. The summed E-state index contributed by atoms with van der Waals surface area (Å²) in [7, 11) is 0. The zero-order valence-corrected chi connectivity index (χ0v) is 16.9. The predicted molar refractivity (Wildman–Crippen MR) is 109 cm³/mol. The number of rotatable bonds is 5. The molecule has 2 aliphatic heterocycles. The lowest BCUT2D eigenvalue weighted by atomic mass is 9.71. The monoisotopic (exact) mass is 411 g/mol. The average Bonchev–Trinajstić information content (AvgIpc) is 3.13. The summed E-state index contributed by atoms with van der Waals surface area (Å²) in [5, 5.41) is 3.05. The van der Waals surface area contributed by atoms with Crippen LogP contribution in [0.4, 0.5) is 4.39 Å². The molecule has 7 heteroatoms. The zero-order valence-electron chi connectivity index (χ0n) is 16.9. The van der Waals surface area contributed by atoms with Gasteiger partial charge in [-0.1, -0.05) is 6.07 Å². The summed E-state index contributed by atoms with van der Waals surface area (Å²) in [4.78, 5) is 31.8. The molecule has 30 heavy (non-hydrogen) atoms. The second-order valence-corrected chi connectivity index (χ2v) is 8.12. The summed E-state index contributed by atoms with van der Waals surface area (Å²) < 4.78 is 19.1. The number of pyridine rings is 1. The van der Waals surface area contributed by atoms with E-state index < -0.39 is 5.82 Å². The molecule has 2 aromatic rings. The summed E-state index contributed by atoms with van der Waals surface area (Å²) in [6.07, 6.45) is 5.68. The van der Waals surface area contributed by atoms with Crippen molar-refractivity contribution < 1.29 is 18.7 Å². The van der Waals surface area contributed by atoms with E-state index in [2.05, 4.69) is 10.3 Å². The van der Waals surface area contributed by atoms with Crippen molar-refractivity contribution in [2.24, 2.45) is 11.3 Å². The van der Waals surface area contributed by atoms with Gasteiger partial charge in [0.25, 0.3) is 5.91 Å². The maximum absolute atomic E-state index is 13.6. The Morgan fingerprint density at radius 3 is 2.70 bits per heavy atom. The van der Waals surface area contributed by atoms with Gasteiger partial charge in [-0.15, -0.1) is 0 Å². The van der Waals surface area contributed by atoms with Crippen LogP contribution >= 0.6 is 0 Å². The van der Waals surface area contributed by atoms with E-state index in [1.54, 1.807) is 23.4 Å². The number of amides is 2. The lowest BCUT2D eigenvalue weighted by Gasteiger charge is -2.37. The number of nitrogens with one attached hydrogen (secondary N) is 1. The molecule has 2 amide bonds. The largest absolute Gasteiger partial charge is 0.381 e. The summed E-state index contributed by atoms with van der Waals surface area (Å²) in [5.41, 5.74) is 1.14. The first-order valence-electron chi connectivity index (χ1n) is 10.4. The Labute approximate surface area is 175 Å². The Bertz CT molecular complexity index is 900. The van der Waals surface area contributed by atoms with Gasteiger partial charge in [0, 0.05) is 56.2 Å². The molecule has 0 radical (unpaired) electrons. The third-order valence-corrected chi connectivity index (χ3v) is 6.27. The third-order valence-electron chi connectivity index (χ3n) is 6.27. The second-order valence-electron chi connectivity index (χ2n) is 8.12. The minimum absolute atomic E-state index is 0.0273. The van der Waals surface area contributed by atoms with Crippen LogP contribution in [0.3, 0.4) is 0 Å². The van der Waals surface area contributed by atoms with Crippen molar-refractivity contribution in [1.29, 1.82) is 0 Å². The molecule has 1 unspecified atom stereocenters. The van der Waals surface area contributed by atoms with E-state index in [1.807, 2.05) is 12.1 Å². The van der Waals surface area contributed by atoms with E-state index in [0.29, 0.717) is 38.4 Å². The van der Waals surface area contributed by atoms with Gasteiger partial charge in [0.1, 0.15) is 5.82 Å². The first kappa shape index (κ1) is 20.5. The van der Waals surface area contributed by atoms with Gasteiger partial charge in [-0.3, -0.25) is 14.6 Å². The molecule has 0 saturated carbocycles. The second kappa shape index (κ2) is 8.92. The van der Waals surface area contributed by atoms with Gasteiger partial charge in [-0.05, 0) is 55.2 Å². The molecule has 0 bridgehead atoms. The molecule has 2 saturated heterocycles. The minimum atomic E-state index is -0.439. The first-order valence-corrected chi connectivity index (χ1v) is 10.4. The van der Waals surface area contributed by atoms with Gasteiger partial charge in [-0.25, -0.2) is 4.39 Å². The van der Waals surface area contributed by atoms with Crippen LogP contribution < -0.4 is 5.32 Å². The van der Waals surface area contributed by atoms with Gasteiger partial charge in [0.2, 0.25) is 5.91 Å². The molecular weight excluding hydrogens is 385 g/mol. The zero-order chi connectivity index (χ0) is 21.0. The van der Waals surface area contributed by atoms with Gasteiger partial charge in [0.15, 0.2) is 0 Å². The smallest absolute Gasteiger partial charge is 0.253 e. The van der Waals surface area contributed by atoms with Crippen molar-refractivity contribution in [3.8, 4) is 0 Å². The molecule has 158 valence electrons. The summed E-state index contributed by atoms with van der Waals surface area (Å²) in [6.45, 7) is 2.54. The van der Waals surface area contributed by atoms with Crippen molar-refractivity contribution in [2.75, 3.05) is 32.8 Å². The van der Waals surface area contributed by atoms with Gasteiger partial charge in [-0.2, -0.15) is 0 Å². The van der Waals surface area contributed by atoms with Crippen molar-refractivity contribution >= 4 is 11.8 Å². The quantitative estimate of drug-likeness (QED) is 0.821. The molecule has 3 heterocycles. The number of benzene rings is 1. The van der Waals surface area contributed by atoms with Crippen molar-refractivity contribution in [1.82, 2.24) is 15.2 Å². The molecule has 2 fully saturated rings. The van der Waals surface area contributed by atoms with E-state index in [1.165, 1.54) is 18.2 Å².